The minimum absolute atomic E-state index is 0.188. The largest absolute Gasteiger partial charge is 0.508 e. The number of nitrogens with zero attached hydrogens (tertiary/aromatic N) is 2. The Balaban J connectivity index is 2.06. The fourth-order valence-electron chi connectivity index (χ4n) is 2.18. The third-order valence-electron chi connectivity index (χ3n) is 3.13. The zero-order valence-corrected chi connectivity index (χ0v) is 11.6. The van der Waals surface area contributed by atoms with Crippen molar-refractivity contribution in [3.8, 4) is 17.2 Å². The van der Waals surface area contributed by atoms with Gasteiger partial charge in [0.25, 0.3) is 0 Å². The first-order valence-corrected chi connectivity index (χ1v) is 6.50. The molecule has 1 aliphatic heterocycles. The number of rotatable bonds is 2. The number of hydrogen-bond acceptors (Lipinski definition) is 5. The molecule has 0 fully saturated rings. The van der Waals surface area contributed by atoms with E-state index in [-0.39, 0.29) is 5.75 Å². The van der Waals surface area contributed by atoms with E-state index < -0.39 is 0 Å². The molecule has 0 spiro atoms. The maximum Gasteiger partial charge on any atom is 0.171 e. The predicted octanol–water partition coefficient (Wildman–Crippen LogP) is 2.98. The molecule has 1 aromatic carbocycles. The lowest BCUT2D eigenvalue weighted by Crippen LogP contribution is -2.28. The average molecular weight is 293 g/mol. The highest BCUT2D eigenvalue weighted by Crippen LogP contribution is 2.40. The number of ether oxygens (including phenoxy) is 2. The minimum atomic E-state index is 0.188. The van der Waals surface area contributed by atoms with Crippen LogP contribution >= 0.6 is 11.6 Å². The van der Waals surface area contributed by atoms with Gasteiger partial charge in [-0.1, -0.05) is 11.6 Å². The van der Waals surface area contributed by atoms with Gasteiger partial charge in [-0.3, -0.25) is 0 Å². The Morgan fingerprint density at radius 1 is 1.40 bits per heavy atom. The van der Waals surface area contributed by atoms with E-state index >= 15 is 0 Å². The van der Waals surface area contributed by atoms with Gasteiger partial charge in [0.2, 0.25) is 0 Å². The quantitative estimate of drug-likeness (QED) is 0.863. The minimum Gasteiger partial charge on any atom is -0.508 e. The number of hydrogen-bond donors (Lipinski definition) is 1. The number of aromatic nitrogens is 1. The first kappa shape index (κ1) is 12.9. The molecule has 0 saturated heterocycles. The van der Waals surface area contributed by atoms with E-state index in [0.29, 0.717) is 24.1 Å². The van der Waals surface area contributed by atoms with Crippen LogP contribution in [0.3, 0.4) is 0 Å². The molecule has 0 bridgehead atoms. The van der Waals surface area contributed by atoms with Crippen molar-refractivity contribution in [3.05, 3.63) is 35.6 Å². The van der Waals surface area contributed by atoms with Gasteiger partial charge in [-0.05, 0) is 12.1 Å². The fraction of sp³-hybridized carbons (Fsp3) is 0.214. The summed E-state index contributed by atoms with van der Waals surface area (Å²) in [5.74, 6) is 1.42. The van der Waals surface area contributed by atoms with Gasteiger partial charge >= 0.3 is 0 Å². The molecule has 0 aliphatic carbocycles. The Labute approximate surface area is 121 Å². The van der Waals surface area contributed by atoms with Gasteiger partial charge in [-0.25, -0.2) is 4.98 Å². The normalized spacial score (nSPS) is 13.6. The molecule has 20 heavy (non-hydrogen) atoms. The molecular weight excluding hydrogens is 280 g/mol. The van der Waals surface area contributed by atoms with Crippen LogP contribution in [-0.2, 0) is 0 Å². The molecule has 0 radical (unpaired) electrons. The van der Waals surface area contributed by atoms with Gasteiger partial charge in [0.05, 0.1) is 31.2 Å². The molecule has 2 heterocycles. The van der Waals surface area contributed by atoms with E-state index in [0.717, 1.165) is 17.1 Å². The number of phenols is 1. The molecule has 5 nitrogen and oxygen atoms in total. The molecule has 0 unspecified atom stereocenters. The lowest BCUT2D eigenvalue weighted by atomic mass is 10.2. The van der Waals surface area contributed by atoms with Gasteiger partial charge in [-0.2, -0.15) is 0 Å². The molecule has 3 rings (SSSR count). The number of halogens is 1. The Kier molecular flexibility index (Phi) is 3.28. The first-order chi connectivity index (χ1) is 9.69. The summed E-state index contributed by atoms with van der Waals surface area (Å²) >= 11 is 5.94. The molecule has 6 heteroatoms. The summed E-state index contributed by atoms with van der Waals surface area (Å²) in [4.78, 5) is 6.12. The Bertz CT molecular complexity index is 648. The number of aromatic hydroxyl groups is 1. The van der Waals surface area contributed by atoms with E-state index in [2.05, 4.69) is 4.98 Å². The summed E-state index contributed by atoms with van der Waals surface area (Å²) < 4.78 is 10.8. The third-order valence-corrected chi connectivity index (χ3v) is 3.41. The summed E-state index contributed by atoms with van der Waals surface area (Å²) in [5, 5.41) is 9.97. The monoisotopic (exact) mass is 292 g/mol. The van der Waals surface area contributed by atoms with Crippen molar-refractivity contribution in [1.82, 2.24) is 4.98 Å². The van der Waals surface area contributed by atoms with Crippen LogP contribution in [0.2, 0.25) is 5.15 Å². The summed E-state index contributed by atoms with van der Waals surface area (Å²) in [6.45, 7) is 1.21. The molecule has 1 aromatic heterocycles. The standard InChI is InChI=1S/C14H13ClN2O3/c1-19-13-6-9(8-16-14(13)15)17-4-5-20-12-3-2-10(18)7-11(12)17/h2-3,6-8,18H,4-5H2,1H3. The molecule has 1 N–H and O–H groups in total. The molecule has 0 saturated carbocycles. The number of pyridine rings is 1. The zero-order valence-electron chi connectivity index (χ0n) is 10.8. The van der Waals surface area contributed by atoms with E-state index in [1.54, 1.807) is 31.5 Å². The van der Waals surface area contributed by atoms with Crippen molar-refractivity contribution in [2.24, 2.45) is 0 Å². The van der Waals surface area contributed by atoms with E-state index in [9.17, 15) is 5.11 Å². The highest BCUT2D eigenvalue weighted by Gasteiger charge is 2.21. The molecule has 104 valence electrons. The van der Waals surface area contributed by atoms with Crippen LogP contribution < -0.4 is 14.4 Å². The van der Waals surface area contributed by atoms with Crippen LogP contribution in [0.15, 0.2) is 30.5 Å². The van der Waals surface area contributed by atoms with Crippen molar-refractivity contribution in [3.63, 3.8) is 0 Å². The van der Waals surface area contributed by atoms with Crippen molar-refractivity contribution < 1.29 is 14.6 Å². The second-order valence-corrected chi connectivity index (χ2v) is 4.70. The highest BCUT2D eigenvalue weighted by molar-refractivity contribution is 6.30. The topological polar surface area (TPSA) is 54.8 Å². The van der Waals surface area contributed by atoms with E-state index in [4.69, 9.17) is 21.1 Å². The highest BCUT2D eigenvalue weighted by atomic mass is 35.5. The summed E-state index contributed by atoms with van der Waals surface area (Å²) in [6.07, 6.45) is 1.67. The smallest absolute Gasteiger partial charge is 0.171 e. The van der Waals surface area contributed by atoms with Crippen molar-refractivity contribution >= 4 is 23.0 Å². The molecule has 0 atom stereocenters. The van der Waals surface area contributed by atoms with Crippen LogP contribution in [0, 0.1) is 0 Å². The number of anilines is 2. The Morgan fingerprint density at radius 3 is 3.05 bits per heavy atom. The second kappa shape index (κ2) is 5.09. The van der Waals surface area contributed by atoms with Crippen molar-refractivity contribution in [2.75, 3.05) is 25.2 Å². The molecule has 1 aliphatic rings. The predicted molar refractivity (Wildman–Crippen MR) is 76.4 cm³/mol. The van der Waals surface area contributed by atoms with Crippen LogP contribution in [-0.4, -0.2) is 30.4 Å². The Hall–Kier alpha value is -2.14. The van der Waals surface area contributed by atoms with Crippen LogP contribution in [0.25, 0.3) is 0 Å². The second-order valence-electron chi connectivity index (χ2n) is 4.34. The number of phenolic OH excluding ortho intramolecular Hbond substituents is 1. The average Bonchev–Trinajstić information content (AvgIpc) is 2.47. The Morgan fingerprint density at radius 2 is 2.25 bits per heavy atom. The SMILES string of the molecule is COc1cc(N2CCOc3ccc(O)cc32)cnc1Cl. The zero-order chi connectivity index (χ0) is 14.1. The summed E-state index contributed by atoms with van der Waals surface area (Å²) in [6, 6.07) is 6.82. The summed E-state index contributed by atoms with van der Waals surface area (Å²) in [7, 11) is 1.55. The summed E-state index contributed by atoms with van der Waals surface area (Å²) in [5.41, 5.74) is 1.63. The molecule has 2 aromatic rings. The third kappa shape index (κ3) is 2.20. The van der Waals surface area contributed by atoms with E-state index in [1.807, 2.05) is 11.0 Å². The van der Waals surface area contributed by atoms with Gasteiger partial charge < -0.3 is 19.5 Å². The van der Waals surface area contributed by atoms with Gasteiger partial charge in [0, 0.05) is 12.1 Å². The maximum atomic E-state index is 9.65. The lowest BCUT2D eigenvalue weighted by molar-refractivity contribution is 0.313. The fourth-order valence-corrected chi connectivity index (χ4v) is 2.36. The van der Waals surface area contributed by atoms with Crippen molar-refractivity contribution in [2.45, 2.75) is 0 Å². The maximum absolute atomic E-state index is 9.65. The van der Waals surface area contributed by atoms with Gasteiger partial charge in [0.1, 0.15) is 18.1 Å². The number of fused-ring (bicyclic) bond motifs is 1. The molecule has 0 amide bonds. The van der Waals surface area contributed by atoms with E-state index in [1.165, 1.54) is 0 Å². The van der Waals surface area contributed by atoms with Crippen LogP contribution in [0.1, 0.15) is 0 Å². The number of methoxy groups -OCH3 is 1. The first-order valence-electron chi connectivity index (χ1n) is 6.12. The van der Waals surface area contributed by atoms with Crippen LogP contribution in [0.4, 0.5) is 11.4 Å². The number of benzene rings is 1. The van der Waals surface area contributed by atoms with Gasteiger partial charge in [0.15, 0.2) is 10.9 Å². The van der Waals surface area contributed by atoms with Crippen molar-refractivity contribution in [1.29, 1.82) is 0 Å². The molecular formula is C14H13ClN2O3. The van der Waals surface area contributed by atoms with Crippen LogP contribution in [0.5, 0.6) is 17.2 Å². The lowest BCUT2D eigenvalue weighted by Gasteiger charge is -2.31. The van der Waals surface area contributed by atoms with Gasteiger partial charge in [-0.15, -0.1) is 0 Å².